The monoisotopic (exact) mass is 391 g/mol. The van der Waals surface area contributed by atoms with Crippen molar-refractivity contribution in [3.63, 3.8) is 0 Å². The molecule has 0 aliphatic carbocycles. The fraction of sp³-hybridized carbons (Fsp3) is 0.750. The van der Waals surface area contributed by atoms with Crippen LogP contribution in [-0.2, 0) is 9.47 Å². The van der Waals surface area contributed by atoms with Crippen molar-refractivity contribution in [2.24, 2.45) is 0 Å². The molecule has 0 aromatic carbocycles. The van der Waals surface area contributed by atoms with E-state index < -0.39 is 11.2 Å². The number of rotatable bonds is 1. The van der Waals surface area contributed by atoms with E-state index in [-0.39, 0.29) is 17.9 Å². The first-order valence-corrected chi connectivity index (χ1v) is 10.0. The van der Waals surface area contributed by atoms with Gasteiger partial charge in [0, 0.05) is 32.5 Å². The molecule has 0 saturated carbocycles. The summed E-state index contributed by atoms with van der Waals surface area (Å²) in [5, 5.41) is 4.55. The highest BCUT2D eigenvalue weighted by atomic mass is 16.6. The SMILES string of the molecule is Cc1c2c(nn1C1CCOC1)C(=O)CC1(CCN(C(=O)OC(C)(C)C)CC1)O2. The van der Waals surface area contributed by atoms with Gasteiger partial charge in [-0.3, -0.25) is 9.48 Å². The van der Waals surface area contributed by atoms with Gasteiger partial charge in [-0.1, -0.05) is 0 Å². The van der Waals surface area contributed by atoms with Crippen LogP contribution in [0.3, 0.4) is 0 Å². The number of piperidine rings is 1. The molecule has 1 amide bonds. The van der Waals surface area contributed by atoms with E-state index in [0.29, 0.717) is 57.0 Å². The Morgan fingerprint density at radius 3 is 2.61 bits per heavy atom. The largest absolute Gasteiger partial charge is 0.482 e. The maximum Gasteiger partial charge on any atom is 0.410 e. The van der Waals surface area contributed by atoms with Crippen LogP contribution >= 0.6 is 0 Å². The Balaban J connectivity index is 1.49. The van der Waals surface area contributed by atoms with Crippen molar-refractivity contribution >= 4 is 11.9 Å². The van der Waals surface area contributed by atoms with Crippen LogP contribution in [0.15, 0.2) is 0 Å². The van der Waals surface area contributed by atoms with Gasteiger partial charge in [0.1, 0.15) is 11.2 Å². The summed E-state index contributed by atoms with van der Waals surface area (Å²) in [6.45, 7) is 9.89. The second-order valence-electron chi connectivity index (χ2n) is 9.08. The third-order valence-electron chi connectivity index (χ3n) is 5.74. The minimum absolute atomic E-state index is 0.0210. The predicted octanol–water partition coefficient (Wildman–Crippen LogP) is 2.89. The molecule has 3 aliphatic heterocycles. The fourth-order valence-corrected chi connectivity index (χ4v) is 4.21. The van der Waals surface area contributed by atoms with Crippen molar-refractivity contribution < 1.29 is 23.8 Å². The fourth-order valence-electron chi connectivity index (χ4n) is 4.21. The van der Waals surface area contributed by atoms with Crippen LogP contribution in [-0.4, -0.2) is 64.1 Å². The number of Topliss-reactive ketones (excluding diaryl/α,β-unsaturated/α-hetero) is 1. The lowest BCUT2D eigenvalue weighted by Gasteiger charge is -2.43. The second-order valence-corrected chi connectivity index (χ2v) is 9.08. The number of hydrogen-bond acceptors (Lipinski definition) is 6. The maximum atomic E-state index is 12.9. The Bertz CT molecular complexity index is 780. The van der Waals surface area contributed by atoms with Gasteiger partial charge in [-0.2, -0.15) is 5.10 Å². The smallest absolute Gasteiger partial charge is 0.410 e. The molecule has 2 fully saturated rings. The zero-order valence-electron chi connectivity index (χ0n) is 17.1. The lowest BCUT2D eigenvalue weighted by molar-refractivity contribution is -0.0230. The quantitative estimate of drug-likeness (QED) is 0.732. The van der Waals surface area contributed by atoms with Crippen molar-refractivity contribution in [3.05, 3.63) is 11.4 Å². The standard InChI is InChI=1S/C20H29N3O5/c1-13-17-16(21-23(13)14-5-10-26-12-14)15(24)11-20(27-17)6-8-22(9-7-20)18(25)28-19(2,3)4/h14H,5-12H2,1-4H3. The van der Waals surface area contributed by atoms with Crippen LogP contribution in [0.25, 0.3) is 0 Å². The van der Waals surface area contributed by atoms with Gasteiger partial charge in [0.15, 0.2) is 17.2 Å². The van der Waals surface area contributed by atoms with Crippen molar-refractivity contribution in [3.8, 4) is 5.75 Å². The number of hydrogen-bond donors (Lipinski definition) is 0. The second kappa shape index (κ2) is 6.76. The van der Waals surface area contributed by atoms with Gasteiger partial charge in [0.05, 0.1) is 24.8 Å². The van der Waals surface area contributed by atoms with Gasteiger partial charge < -0.3 is 19.1 Å². The molecular weight excluding hydrogens is 362 g/mol. The molecule has 28 heavy (non-hydrogen) atoms. The number of carbonyl (C=O) groups excluding carboxylic acids is 2. The number of aromatic nitrogens is 2. The number of ketones is 1. The molecule has 0 radical (unpaired) electrons. The van der Waals surface area contributed by atoms with Crippen LogP contribution in [0.5, 0.6) is 5.75 Å². The topological polar surface area (TPSA) is 82.9 Å². The molecule has 2 saturated heterocycles. The van der Waals surface area contributed by atoms with Crippen LogP contribution in [0.4, 0.5) is 4.79 Å². The Morgan fingerprint density at radius 2 is 2.00 bits per heavy atom. The first-order valence-electron chi connectivity index (χ1n) is 10.0. The normalized spacial score (nSPS) is 24.2. The Kier molecular flexibility index (Phi) is 4.64. The maximum absolute atomic E-state index is 12.9. The summed E-state index contributed by atoms with van der Waals surface area (Å²) < 4.78 is 19.2. The summed E-state index contributed by atoms with van der Waals surface area (Å²) in [4.78, 5) is 26.9. The zero-order valence-corrected chi connectivity index (χ0v) is 17.1. The first kappa shape index (κ1) is 19.2. The Labute approximate surface area is 165 Å². The molecule has 4 heterocycles. The van der Waals surface area contributed by atoms with E-state index in [2.05, 4.69) is 5.10 Å². The van der Waals surface area contributed by atoms with Crippen molar-refractivity contribution in [1.29, 1.82) is 0 Å². The molecule has 1 unspecified atom stereocenters. The number of fused-ring (bicyclic) bond motifs is 1. The molecule has 1 aromatic heterocycles. The van der Waals surface area contributed by atoms with Crippen molar-refractivity contribution in [1.82, 2.24) is 14.7 Å². The minimum Gasteiger partial charge on any atom is -0.482 e. The molecule has 4 rings (SSSR count). The number of nitrogens with zero attached hydrogens (tertiary/aromatic N) is 3. The number of carbonyl (C=O) groups is 2. The highest BCUT2D eigenvalue weighted by Crippen LogP contribution is 2.42. The van der Waals surface area contributed by atoms with Gasteiger partial charge >= 0.3 is 6.09 Å². The van der Waals surface area contributed by atoms with Crippen LogP contribution in [0.2, 0.25) is 0 Å². The van der Waals surface area contributed by atoms with Gasteiger partial charge in [-0.15, -0.1) is 0 Å². The Hall–Kier alpha value is -2.09. The molecule has 1 aromatic rings. The number of likely N-dealkylation sites (tertiary alicyclic amines) is 1. The highest BCUT2D eigenvalue weighted by Gasteiger charge is 2.46. The highest BCUT2D eigenvalue weighted by molar-refractivity contribution is 5.99. The van der Waals surface area contributed by atoms with E-state index in [1.165, 1.54) is 0 Å². The molecule has 154 valence electrons. The molecular formula is C20H29N3O5. The number of ether oxygens (including phenoxy) is 3. The summed E-state index contributed by atoms with van der Waals surface area (Å²) in [5.41, 5.74) is 0.235. The molecule has 3 aliphatic rings. The predicted molar refractivity (Wildman–Crippen MR) is 101 cm³/mol. The summed E-state index contributed by atoms with van der Waals surface area (Å²) >= 11 is 0. The van der Waals surface area contributed by atoms with E-state index in [1.54, 1.807) is 4.90 Å². The average Bonchev–Trinajstić information content (AvgIpc) is 3.23. The lowest BCUT2D eigenvalue weighted by Crippen LogP contribution is -2.53. The van der Waals surface area contributed by atoms with E-state index in [1.807, 2.05) is 32.4 Å². The van der Waals surface area contributed by atoms with E-state index in [9.17, 15) is 9.59 Å². The van der Waals surface area contributed by atoms with Gasteiger partial charge in [0.2, 0.25) is 0 Å². The van der Waals surface area contributed by atoms with Crippen LogP contribution < -0.4 is 4.74 Å². The van der Waals surface area contributed by atoms with E-state index in [0.717, 1.165) is 12.1 Å². The van der Waals surface area contributed by atoms with Gasteiger partial charge in [0.25, 0.3) is 0 Å². The molecule has 1 atom stereocenters. The average molecular weight is 391 g/mol. The van der Waals surface area contributed by atoms with Gasteiger partial charge in [-0.05, 0) is 34.1 Å². The van der Waals surface area contributed by atoms with E-state index >= 15 is 0 Å². The van der Waals surface area contributed by atoms with Crippen molar-refractivity contribution in [2.75, 3.05) is 26.3 Å². The molecule has 8 nitrogen and oxygen atoms in total. The summed E-state index contributed by atoms with van der Waals surface area (Å²) in [5.74, 6) is 0.626. The third kappa shape index (κ3) is 3.50. The summed E-state index contributed by atoms with van der Waals surface area (Å²) in [7, 11) is 0. The van der Waals surface area contributed by atoms with Crippen LogP contribution in [0.1, 0.15) is 68.7 Å². The minimum atomic E-state index is -0.562. The van der Waals surface area contributed by atoms with Crippen molar-refractivity contribution in [2.45, 2.75) is 70.6 Å². The van der Waals surface area contributed by atoms with E-state index in [4.69, 9.17) is 14.2 Å². The lowest BCUT2D eigenvalue weighted by atomic mass is 9.83. The summed E-state index contributed by atoms with van der Waals surface area (Å²) in [6, 6.07) is 0.159. The summed E-state index contributed by atoms with van der Waals surface area (Å²) in [6.07, 6.45) is 2.10. The molecule has 1 spiro atoms. The first-order chi connectivity index (χ1) is 13.2. The zero-order chi connectivity index (χ0) is 20.1. The third-order valence-corrected chi connectivity index (χ3v) is 5.74. The molecule has 0 N–H and O–H groups in total. The Morgan fingerprint density at radius 1 is 1.29 bits per heavy atom. The molecule has 0 bridgehead atoms. The van der Waals surface area contributed by atoms with Gasteiger partial charge in [-0.25, -0.2) is 4.79 Å². The number of amides is 1. The molecule has 8 heteroatoms. The van der Waals surface area contributed by atoms with Crippen LogP contribution in [0, 0.1) is 6.92 Å².